The van der Waals surface area contributed by atoms with Gasteiger partial charge in [0.15, 0.2) is 0 Å². The second kappa shape index (κ2) is 18.4. The average Bonchev–Trinajstić information content (AvgIpc) is 3.75. The number of aliphatic hydroxyl groups is 1. The molecule has 0 amide bonds. The Hall–Kier alpha value is -6.02. The van der Waals surface area contributed by atoms with Crippen LogP contribution in [0, 0.1) is 19.8 Å². The van der Waals surface area contributed by atoms with Crippen LogP contribution in [-0.4, -0.2) is 42.6 Å². The molecule has 0 bridgehead atoms. The number of aryl methyl sites for hydroxylation is 2. The van der Waals surface area contributed by atoms with Crippen molar-refractivity contribution in [2.75, 3.05) is 0 Å². The van der Waals surface area contributed by atoms with E-state index in [2.05, 4.69) is 175 Å². The van der Waals surface area contributed by atoms with Crippen LogP contribution in [0.3, 0.4) is 0 Å². The number of hydrogen-bond donors (Lipinski definition) is 1. The van der Waals surface area contributed by atoms with E-state index in [0.717, 1.165) is 58.4 Å². The number of pyridine rings is 2. The zero-order valence-electron chi connectivity index (χ0n) is 38.1. The smallest absolute Gasteiger partial charge is 0.309 e. The molecule has 8 rings (SSSR count). The van der Waals surface area contributed by atoms with E-state index in [9.17, 15) is 5.11 Å². The fourth-order valence-corrected chi connectivity index (χ4v) is 9.07. The van der Waals surface area contributed by atoms with E-state index in [0.29, 0.717) is 13.9 Å². The van der Waals surface area contributed by atoms with Gasteiger partial charge in [-0.15, -0.1) is 0 Å². The number of imidazole rings is 2. The van der Waals surface area contributed by atoms with Crippen LogP contribution in [0.5, 0.6) is 0 Å². The molecule has 2 aromatic carbocycles. The number of rotatable bonds is 14. The van der Waals surface area contributed by atoms with Gasteiger partial charge >= 0.3 is 7.48 Å². The Kier molecular flexibility index (Phi) is 12.7. The zero-order chi connectivity index (χ0) is 44.3. The van der Waals surface area contributed by atoms with Crippen LogP contribution in [0.2, 0.25) is 0 Å². The Morgan fingerprint density at radius 1 is 0.873 bits per heavy atom. The van der Waals surface area contributed by atoms with E-state index >= 15 is 0 Å². The van der Waals surface area contributed by atoms with Gasteiger partial charge in [0.1, 0.15) is 11.3 Å². The van der Waals surface area contributed by atoms with Crippen LogP contribution in [0.25, 0.3) is 32.8 Å². The van der Waals surface area contributed by atoms with Gasteiger partial charge < -0.3 is 18.6 Å². The van der Waals surface area contributed by atoms with Gasteiger partial charge in [-0.2, -0.15) is 0 Å². The highest BCUT2D eigenvalue weighted by atomic mass is 16.5. The lowest BCUT2D eigenvalue weighted by molar-refractivity contribution is -0.103. The van der Waals surface area contributed by atoms with Crippen LogP contribution in [-0.2, 0) is 4.65 Å². The SMILES string of the molecule is C=C/C(=C\C(BOC(C)(CC)C(C)(C)O)=C/C(C)CC1=C/C(c2ccc3c(ccn4cc(C)nc34)c2)C/C=C/C=C\1)CC1=CC(c2ccc3c(ccn4cc(C)nc34)c2)C=CC=C1. The van der Waals surface area contributed by atoms with E-state index in [1.54, 1.807) is 0 Å². The zero-order valence-corrected chi connectivity index (χ0v) is 38.1. The van der Waals surface area contributed by atoms with Crippen molar-refractivity contribution < 1.29 is 9.76 Å². The summed E-state index contributed by atoms with van der Waals surface area (Å²) in [6, 6.07) is 18.0. The first-order chi connectivity index (χ1) is 30.3. The third-order valence-corrected chi connectivity index (χ3v) is 13.1. The van der Waals surface area contributed by atoms with Crippen LogP contribution >= 0.6 is 0 Å². The van der Waals surface area contributed by atoms with Crippen molar-refractivity contribution in [2.24, 2.45) is 5.92 Å². The molecule has 2 aliphatic carbocycles. The van der Waals surface area contributed by atoms with E-state index in [1.807, 2.05) is 40.7 Å². The Morgan fingerprint density at radius 2 is 1.51 bits per heavy atom. The Morgan fingerprint density at radius 3 is 2.16 bits per heavy atom. The molecule has 6 aromatic rings. The van der Waals surface area contributed by atoms with Crippen molar-refractivity contribution in [1.82, 2.24) is 18.8 Å². The first kappa shape index (κ1) is 43.6. The summed E-state index contributed by atoms with van der Waals surface area (Å²) in [5.41, 5.74) is 9.54. The van der Waals surface area contributed by atoms with Crippen molar-refractivity contribution in [1.29, 1.82) is 0 Å². The maximum absolute atomic E-state index is 11.2. The minimum atomic E-state index is -1.02. The molecule has 0 saturated carbocycles. The molecule has 7 heteroatoms. The number of nitrogens with zero attached hydrogens (tertiary/aromatic N) is 4. The van der Waals surface area contributed by atoms with Crippen LogP contribution in [0.1, 0.15) is 94.7 Å². The van der Waals surface area contributed by atoms with Gasteiger partial charge in [-0.1, -0.05) is 147 Å². The molecule has 0 saturated heterocycles. The van der Waals surface area contributed by atoms with Gasteiger partial charge in [0.25, 0.3) is 0 Å². The molecule has 0 fully saturated rings. The van der Waals surface area contributed by atoms with Gasteiger partial charge in [0.2, 0.25) is 0 Å². The van der Waals surface area contributed by atoms with E-state index in [-0.39, 0.29) is 17.8 Å². The summed E-state index contributed by atoms with van der Waals surface area (Å²) >= 11 is 0. The fraction of sp³-hybridized carbons (Fsp3) is 0.286. The lowest BCUT2D eigenvalue weighted by Crippen LogP contribution is -2.50. The highest BCUT2D eigenvalue weighted by Crippen LogP contribution is 2.34. The van der Waals surface area contributed by atoms with Crippen molar-refractivity contribution >= 4 is 40.3 Å². The molecular formula is C56H61BN4O2. The fourth-order valence-electron chi connectivity index (χ4n) is 9.07. The minimum absolute atomic E-state index is 0.119. The maximum Gasteiger partial charge on any atom is 0.309 e. The van der Waals surface area contributed by atoms with Crippen molar-refractivity contribution in [2.45, 2.75) is 97.2 Å². The van der Waals surface area contributed by atoms with E-state index < -0.39 is 11.2 Å². The predicted octanol–water partition coefficient (Wildman–Crippen LogP) is 13.0. The standard InChI is InChI=1S/C56H61BN4O2/c1-9-41(30-43-17-14-15-19-45(32-43)47-21-23-52-49(35-47)25-27-61-37-40(5)59-54(52)61)33-50(57-63-56(8,10-2)55(6,7)62)29-38(3)28-42-16-12-11-13-18-44(31-42)46-20-22-51-48(34-46)24-26-60-36-39(4)58-53(51)60/h9,11-17,19-27,29,31-38,44-45,57,62H,1,10,18,28,30H2,2-8H3/b13-11+,16-12-,41-33+,42-31+,50-29+. The Bertz CT molecular complexity index is 2940. The quantitative estimate of drug-likeness (QED) is 0.0877. The lowest BCUT2D eigenvalue weighted by atomic mass is 9.77. The molecule has 2 aliphatic rings. The molecule has 6 nitrogen and oxygen atoms in total. The number of allylic oxidation sites excluding steroid dienone is 17. The number of aromatic nitrogens is 4. The van der Waals surface area contributed by atoms with Crippen LogP contribution in [0.4, 0.5) is 0 Å². The van der Waals surface area contributed by atoms with Crippen LogP contribution < -0.4 is 0 Å². The number of benzene rings is 2. The molecule has 4 aromatic heterocycles. The molecule has 4 atom stereocenters. The largest absolute Gasteiger partial charge is 0.427 e. The molecule has 0 spiro atoms. The summed E-state index contributed by atoms with van der Waals surface area (Å²) in [7, 11) is 0.371. The summed E-state index contributed by atoms with van der Waals surface area (Å²) in [6.07, 6.45) is 40.6. The summed E-state index contributed by atoms with van der Waals surface area (Å²) in [5, 5.41) is 15.9. The second-order valence-electron chi connectivity index (χ2n) is 18.4. The normalized spacial score (nSPS) is 20.8. The Balaban J connectivity index is 1.06. The first-order valence-corrected chi connectivity index (χ1v) is 22.5. The highest BCUT2D eigenvalue weighted by Gasteiger charge is 2.38. The van der Waals surface area contributed by atoms with Gasteiger partial charge in [0, 0.05) is 47.4 Å². The summed E-state index contributed by atoms with van der Waals surface area (Å²) in [6.45, 7) is 18.4. The Labute approximate surface area is 374 Å². The summed E-state index contributed by atoms with van der Waals surface area (Å²) in [4.78, 5) is 9.57. The first-order valence-electron chi connectivity index (χ1n) is 22.5. The average molecular weight is 833 g/mol. The molecule has 63 heavy (non-hydrogen) atoms. The van der Waals surface area contributed by atoms with Gasteiger partial charge in [-0.3, -0.25) is 0 Å². The third kappa shape index (κ3) is 9.81. The lowest BCUT2D eigenvalue weighted by Gasteiger charge is -2.40. The molecule has 320 valence electrons. The van der Waals surface area contributed by atoms with E-state index in [4.69, 9.17) is 14.6 Å². The molecular weight excluding hydrogens is 771 g/mol. The molecule has 4 unspecified atom stereocenters. The van der Waals surface area contributed by atoms with Crippen molar-refractivity contribution in [3.8, 4) is 0 Å². The maximum atomic E-state index is 11.2. The summed E-state index contributed by atoms with van der Waals surface area (Å²) < 4.78 is 10.9. The highest BCUT2D eigenvalue weighted by molar-refractivity contribution is 6.39. The predicted molar refractivity (Wildman–Crippen MR) is 266 cm³/mol. The van der Waals surface area contributed by atoms with Crippen molar-refractivity contribution in [3.05, 3.63) is 204 Å². The topological polar surface area (TPSA) is 64.1 Å². The summed E-state index contributed by atoms with van der Waals surface area (Å²) in [5.74, 6) is 0.575. The van der Waals surface area contributed by atoms with E-state index in [1.165, 1.54) is 38.4 Å². The molecule has 1 N–H and O–H groups in total. The molecule has 0 aliphatic heterocycles. The molecule has 4 heterocycles. The molecule has 0 radical (unpaired) electrons. The minimum Gasteiger partial charge on any atom is -0.427 e. The van der Waals surface area contributed by atoms with Gasteiger partial charge in [-0.25, -0.2) is 9.97 Å². The number of hydrogen-bond acceptors (Lipinski definition) is 4. The third-order valence-electron chi connectivity index (χ3n) is 13.1. The van der Waals surface area contributed by atoms with Crippen LogP contribution in [0.15, 0.2) is 181 Å². The second-order valence-corrected chi connectivity index (χ2v) is 18.4. The van der Waals surface area contributed by atoms with Crippen molar-refractivity contribution in [3.63, 3.8) is 0 Å². The van der Waals surface area contributed by atoms with Gasteiger partial charge in [0.05, 0.1) is 22.6 Å². The van der Waals surface area contributed by atoms with Gasteiger partial charge in [-0.05, 0) is 111 Å². The number of fused-ring (bicyclic) bond motifs is 6. The monoisotopic (exact) mass is 832 g/mol.